The maximum Gasteiger partial charge on any atom is 0.306 e. The van der Waals surface area contributed by atoms with E-state index in [1.807, 2.05) is 0 Å². The number of hydrogen-bond donors (Lipinski definition) is 0. The van der Waals surface area contributed by atoms with Gasteiger partial charge in [-0.3, -0.25) is 14.4 Å². The van der Waals surface area contributed by atoms with Crippen molar-refractivity contribution in [3.8, 4) is 0 Å². The molecule has 0 aromatic heterocycles. The molecule has 0 aromatic rings. The van der Waals surface area contributed by atoms with Crippen molar-refractivity contribution >= 4 is 17.9 Å². The average molecular weight is 1140 g/mol. The van der Waals surface area contributed by atoms with Gasteiger partial charge in [0.15, 0.2) is 6.10 Å². The van der Waals surface area contributed by atoms with Crippen LogP contribution in [-0.2, 0) is 28.6 Å². The summed E-state index contributed by atoms with van der Waals surface area (Å²) in [6.07, 6.45) is 95.3. The molecule has 0 fully saturated rings. The molecule has 6 nitrogen and oxygen atoms in total. The van der Waals surface area contributed by atoms with Crippen molar-refractivity contribution in [3.05, 3.63) is 109 Å². The molecule has 0 aromatic carbocycles. The van der Waals surface area contributed by atoms with Gasteiger partial charge < -0.3 is 14.2 Å². The van der Waals surface area contributed by atoms with Crippen LogP contribution in [-0.4, -0.2) is 37.2 Å². The molecule has 6 heteroatoms. The first-order chi connectivity index (χ1) is 40.5. The molecule has 0 saturated heterocycles. The molecule has 0 rings (SSSR count). The van der Waals surface area contributed by atoms with Crippen LogP contribution in [0.4, 0.5) is 0 Å². The highest BCUT2D eigenvalue weighted by molar-refractivity contribution is 5.71. The van der Waals surface area contributed by atoms with Gasteiger partial charge in [0.1, 0.15) is 13.2 Å². The summed E-state index contributed by atoms with van der Waals surface area (Å²) in [5.41, 5.74) is 0. The maximum atomic E-state index is 12.9. The Bertz CT molecular complexity index is 1640. The molecule has 0 aliphatic rings. The van der Waals surface area contributed by atoms with Crippen LogP contribution in [0.3, 0.4) is 0 Å². The number of rotatable bonds is 63. The minimum absolute atomic E-state index is 0.0840. The van der Waals surface area contributed by atoms with E-state index in [2.05, 4.69) is 130 Å². The number of carbonyl (C=O) groups is 3. The lowest BCUT2D eigenvalue weighted by Gasteiger charge is -2.18. The highest BCUT2D eigenvalue weighted by Gasteiger charge is 2.19. The number of hydrogen-bond acceptors (Lipinski definition) is 6. The standard InChI is InChI=1S/C76H130O6/c1-4-7-10-13-16-19-22-25-28-30-32-33-34-35-36-37-38-39-40-41-42-43-44-46-48-51-54-57-60-63-66-69-75(78)81-72-73(71-80-74(77)68-65-62-59-56-53-50-47-27-24-21-18-15-12-9-6-3)82-76(79)70-67-64-61-58-55-52-49-45-31-29-26-23-20-17-14-11-8-5-2/h7,10,16,18-19,21,25,27-29,31-33,35-36,38-39,47,73H,4-6,8-9,11-15,17,20,22-24,26,30,34,37,40-46,48-72H2,1-3H3/b10-7-,19-16-,21-18-,28-25-,31-29-,33-32-,36-35-,39-38-,47-27-. The zero-order valence-corrected chi connectivity index (χ0v) is 54.0. The number of allylic oxidation sites excluding steroid dienone is 18. The van der Waals surface area contributed by atoms with Crippen LogP contribution in [0.15, 0.2) is 109 Å². The number of unbranched alkanes of at least 4 members (excludes halogenated alkanes) is 34. The van der Waals surface area contributed by atoms with Gasteiger partial charge in [-0.15, -0.1) is 0 Å². The second-order valence-corrected chi connectivity index (χ2v) is 23.1. The molecule has 0 amide bonds. The number of carbonyl (C=O) groups excluding carboxylic acids is 3. The van der Waals surface area contributed by atoms with Gasteiger partial charge in [-0.1, -0.05) is 297 Å². The van der Waals surface area contributed by atoms with Crippen LogP contribution in [0.25, 0.3) is 0 Å². The summed E-state index contributed by atoms with van der Waals surface area (Å²) in [4.78, 5) is 38.4. The van der Waals surface area contributed by atoms with E-state index in [0.717, 1.165) is 116 Å². The Morgan fingerprint density at radius 3 is 0.780 bits per heavy atom. The molecule has 0 N–H and O–H groups in total. The van der Waals surface area contributed by atoms with Crippen molar-refractivity contribution in [1.82, 2.24) is 0 Å². The topological polar surface area (TPSA) is 78.9 Å². The molecule has 82 heavy (non-hydrogen) atoms. The predicted molar refractivity (Wildman–Crippen MR) is 357 cm³/mol. The Labute approximate surface area is 508 Å². The summed E-state index contributed by atoms with van der Waals surface area (Å²) < 4.78 is 17.0. The van der Waals surface area contributed by atoms with Gasteiger partial charge in [0.25, 0.3) is 0 Å². The fourth-order valence-corrected chi connectivity index (χ4v) is 9.77. The normalized spacial score (nSPS) is 12.8. The van der Waals surface area contributed by atoms with Crippen LogP contribution >= 0.6 is 0 Å². The summed E-state index contributed by atoms with van der Waals surface area (Å²) in [6.45, 7) is 6.51. The van der Waals surface area contributed by atoms with Crippen molar-refractivity contribution in [1.29, 1.82) is 0 Å². The fourth-order valence-electron chi connectivity index (χ4n) is 9.77. The average Bonchev–Trinajstić information content (AvgIpc) is 3.47. The van der Waals surface area contributed by atoms with E-state index in [4.69, 9.17) is 14.2 Å². The summed E-state index contributed by atoms with van der Waals surface area (Å²) in [6, 6.07) is 0. The Kier molecular flexibility index (Phi) is 66.2. The van der Waals surface area contributed by atoms with Crippen LogP contribution in [0.5, 0.6) is 0 Å². The van der Waals surface area contributed by atoms with Crippen LogP contribution in [0.2, 0.25) is 0 Å². The first-order valence-corrected chi connectivity index (χ1v) is 34.9. The van der Waals surface area contributed by atoms with Crippen LogP contribution in [0.1, 0.15) is 335 Å². The van der Waals surface area contributed by atoms with Crippen molar-refractivity contribution in [2.24, 2.45) is 0 Å². The minimum Gasteiger partial charge on any atom is -0.462 e. The van der Waals surface area contributed by atoms with Gasteiger partial charge in [0.05, 0.1) is 0 Å². The Hall–Kier alpha value is -3.93. The SMILES string of the molecule is CC/C=C\C/C=C\C/C=C\C/C=C\C/C=C\C/C=C\CCCCCCCCCCCCCCC(=O)OCC(COC(=O)CCCCCCC/C=C\C/C=C\CCCCC)OC(=O)CCCCCCCCC/C=C\CCCCCCCCC. The first kappa shape index (κ1) is 78.1. The zero-order chi connectivity index (χ0) is 59.2. The smallest absolute Gasteiger partial charge is 0.306 e. The first-order valence-electron chi connectivity index (χ1n) is 34.9. The molecule has 1 atom stereocenters. The molecule has 1 unspecified atom stereocenters. The van der Waals surface area contributed by atoms with Crippen LogP contribution in [0, 0.1) is 0 Å². The molecule has 0 aliphatic carbocycles. The van der Waals surface area contributed by atoms with Crippen molar-refractivity contribution in [2.45, 2.75) is 341 Å². The third-order valence-corrected chi connectivity index (χ3v) is 15.0. The van der Waals surface area contributed by atoms with Crippen molar-refractivity contribution < 1.29 is 28.6 Å². The van der Waals surface area contributed by atoms with Gasteiger partial charge in [-0.25, -0.2) is 0 Å². The number of esters is 3. The number of ether oxygens (including phenoxy) is 3. The van der Waals surface area contributed by atoms with E-state index >= 15 is 0 Å². The second-order valence-electron chi connectivity index (χ2n) is 23.1. The van der Waals surface area contributed by atoms with Crippen molar-refractivity contribution in [2.75, 3.05) is 13.2 Å². The Balaban J connectivity index is 4.29. The van der Waals surface area contributed by atoms with E-state index in [1.165, 1.54) is 180 Å². The lowest BCUT2D eigenvalue weighted by atomic mass is 10.0. The third kappa shape index (κ3) is 66.9. The quantitative estimate of drug-likeness (QED) is 0.0261. The van der Waals surface area contributed by atoms with Crippen molar-refractivity contribution in [3.63, 3.8) is 0 Å². The molecule has 0 bridgehead atoms. The molecule has 0 saturated carbocycles. The highest BCUT2D eigenvalue weighted by atomic mass is 16.6. The molecule has 0 spiro atoms. The Morgan fingerprint density at radius 2 is 0.476 bits per heavy atom. The largest absolute Gasteiger partial charge is 0.462 e. The Morgan fingerprint density at radius 1 is 0.256 bits per heavy atom. The summed E-state index contributed by atoms with van der Waals surface area (Å²) in [5, 5.41) is 0. The van der Waals surface area contributed by atoms with E-state index in [1.54, 1.807) is 0 Å². The summed E-state index contributed by atoms with van der Waals surface area (Å²) in [7, 11) is 0. The molecule has 0 heterocycles. The fraction of sp³-hybridized carbons (Fsp3) is 0.724. The lowest BCUT2D eigenvalue weighted by molar-refractivity contribution is -0.167. The van der Waals surface area contributed by atoms with Crippen LogP contribution < -0.4 is 0 Å². The van der Waals surface area contributed by atoms with E-state index in [-0.39, 0.29) is 31.1 Å². The van der Waals surface area contributed by atoms with Gasteiger partial charge in [0, 0.05) is 19.3 Å². The molecule has 0 aliphatic heterocycles. The maximum absolute atomic E-state index is 12.9. The van der Waals surface area contributed by atoms with E-state index in [0.29, 0.717) is 19.3 Å². The molecular weight excluding hydrogens is 1010 g/mol. The van der Waals surface area contributed by atoms with Gasteiger partial charge in [-0.2, -0.15) is 0 Å². The third-order valence-electron chi connectivity index (χ3n) is 15.0. The lowest BCUT2D eigenvalue weighted by Crippen LogP contribution is -2.30. The molecule has 0 radical (unpaired) electrons. The monoisotopic (exact) mass is 1140 g/mol. The predicted octanol–water partition coefficient (Wildman–Crippen LogP) is 24.2. The van der Waals surface area contributed by atoms with Gasteiger partial charge in [0.2, 0.25) is 0 Å². The van der Waals surface area contributed by atoms with Gasteiger partial charge >= 0.3 is 17.9 Å². The zero-order valence-electron chi connectivity index (χ0n) is 54.0. The second kappa shape index (κ2) is 69.6. The summed E-state index contributed by atoms with van der Waals surface area (Å²) >= 11 is 0. The van der Waals surface area contributed by atoms with E-state index < -0.39 is 6.10 Å². The summed E-state index contributed by atoms with van der Waals surface area (Å²) in [5.74, 6) is -0.892. The van der Waals surface area contributed by atoms with Gasteiger partial charge in [-0.05, 0) is 128 Å². The highest BCUT2D eigenvalue weighted by Crippen LogP contribution is 2.16. The van der Waals surface area contributed by atoms with E-state index in [9.17, 15) is 14.4 Å². The molecule has 470 valence electrons. The minimum atomic E-state index is -0.789. The molecular formula is C76H130O6.